The quantitative estimate of drug-likeness (QED) is 0.728. The maximum atomic E-state index is 13.0. The van der Waals surface area contributed by atoms with Gasteiger partial charge in [0.1, 0.15) is 6.54 Å². The second-order valence-corrected chi connectivity index (χ2v) is 7.10. The molecule has 5 nitrogen and oxygen atoms in total. The van der Waals surface area contributed by atoms with Crippen molar-refractivity contribution in [1.82, 2.24) is 15.1 Å². The number of benzene rings is 1. The number of rotatable bonds is 9. The van der Waals surface area contributed by atoms with Crippen LogP contribution in [0.15, 0.2) is 47.8 Å². The lowest BCUT2D eigenvalue weighted by molar-refractivity contribution is -0.133. The summed E-state index contributed by atoms with van der Waals surface area (Å²) in [7, 11) is 0. The fourth-order valence-electron chi connectivity index (χ4n) is 2.68. The largest absolute Gasteiger partial charge is 0.338 e. The molecule has 3 amide bonds. The van der Waals surface area contributed by atoms with Crippen molar-refractivity contribution >= 4 is 23.3 Å². The number of hydrogen-bond donors (Lipinski definition) is 1. The number of urea groups is 1. The zero-order chi connectivity index (χ0) is 18.8. The lowest BCUT2D eigenvalue weighted by Crippen LogP contribution is -2.46. The van der Waals surface area contributed by atoms with Gasteiger partial charge in [0.25, 0.3) is 0 Å². The molecule has 2 aromatic rings. The number of nitrogens with one attached hydrogen (secondary N) is 1. The summed E-state index contributed by atoms with van der Waals surface area (Å²) in [5.74, 6) is -0.0399. The third-order valence-electron chi connectivity index (χ3n) is 3.93. The predicted molar refractivity (Wildman–Crippen MR) is 106 cm³/mol. The van der Waals surface area contributed by atoms with Crippen LogP contribution >= 0.6 is 11.3 Å². The molecule has 0 bridgehead atoms. The molecule has 0 spiro atoms. The van der Waals surface area contributed by atoms with Crippen LogP contribution in [0.3, 0.4) is 0 Å². The molecule has 2 rings (SSSR count). The van der Waals surface area contributed by atoms with Gasteiger partial charge >= 0.3 is 6.03 Å². The van der Waals surface area contributed by atoms with Crippen LogP contribution in [0.25, 0.3) is 0 Å². The van der Waals surface area contributed by atoms with E-state index in [0.717, 1.165) is 16.9 Å². The van der Waals surface area contributed by atoms with Gasteiger partial charge in [-0.25, -0.2) is 4.79 Å². The van der Waals surface area contributed by atoms with Crippen molar-refractivity contribution in [2.75, 3.05) is 19.6 Å². The van der Waals surface area contributed by atoms with Crippen molar-refractivity contribution < 1.29 is 9.59 Å². The van der Waals surface area contributed by atoms with Gasteiger partial charge in [-0.15, -0.1) is 11.3 Å². The van der Waals surface area contributed by atoms with Gasteiger partial charge in [-0.05, 0) is 30.4 Å². The van der Waals surface area contributed by atoms with Gasteiger partial charge in [-0.3, -0.25) is 4.79 Å². The third-order valence-corrected chi connectivity index (χ3v) is 4.79. The summed E-state index contributed by atoms with van der Waals surface area (Å²) in [5, 5.41) is 4.80. The average molecular weight is 374 g/mol. The lowest BCUT2D eigenvalue weighted by Gasteiger charge is -2.27. The van der Waals surface area contributed by atoms with Crippen molar-refractivity contribution in [3.63, 3.8) is 0 Å². The predicted octanol–water partition coefficient (Wildman–Crippen LogP) is 3.72. The third kappa shape index (κ3) is 6.19. The highest BCUT2D eigenvalue weighted by Crippen LogP contribution is 2.15. The van der Waals surface area contributed by atoms with E-state index in [9.17, 15) is 9.59 Å². The molecular formula is C20H27N3O2S. The topological polar surface area (TPSA) is 52.7 Å². The van der Waals surface area contributed by atoms with Gasteiger partial charge in [-0.2, -0.15) is 0 Å². The summed E-state index contributed by atoms with van der Waals surface area (Å²) in [4.78, 5) is 29.7. The Balaban J connectivity index is 2.11. The van der Waals surface area contributed by atoms with Crippen LogP contribution in [0.1, 0.15) is 30.7 Å². The number of amides is 3. The molecule has 0 saturated heterocycles. The molecule has 140 valence electrons. The Morgan fingerprint density at radius 3 is 2.38 bits per heavy atom. The highest BCUT2D eigenvalue weighted by molar-refractivity contribution is 7.09. The van der Waals surface area contributed by atoms with Crippen molar-refractivity contribution in [2.45, 2.75) is 33.4 Å². The molecule has 0 aliphatic rings. The Labute approximate surface area is 159 Å². The molecule has 0 aliphatic carbocycles. The van der Waals surface area contributed by atoms with Gasteiger partial charge in [0.15, 0.2) is 0 Å². The first-order chi connectivity index (χ1) is 12.6. The number of carbonyl (C=O) groups excluding carboxylic acids is 2. The van der Waals surface area contributed by atoms with Gasteiger partial charge in [0.05, 0.1) is 6.54 Å². The minimum absolute atomic E-state index is 0.0399. The second-order valence-electron chi connectivity index (χ2n) is 6.07. The van der Waals surface area contributed by atoms with Crippen LogP contribution in [0, 0.1) is 0 Å². The first-order valence-electron chi connectivity index (χ1n) is 9.00. The van der Waals surface area contributed by atoms with E-state index >= 15 is 0 Å². The lowest BCUT2D eigenvalue weighted by atomic mass is 10.2. The molecule has 26 heavy (non-hydrogen) atoms. The van der Waals surface area contributed by atoms with E-state index < -0.39 is 0 Å². The molecule has 1 aromatic heterocycles. The van der Waals surface area contributed by atoms with E-state index in [0.29, 0.717) is 26.2 Å². The van der Waals surface area contributed by atoms with Gasteiger partial charge < -0.3 is 15.1 Å². The van der Waals surface area contributed by atoms with E-state index in [2.05, 4.69) is 5.32 Å². The molecule has 1 N–H and O–H groups in total. The number of carbonyl (C=O) groups is 2. The van der Waals surface area contributed by atoms with Gasteiger partial charge in [0, 0.05) is 24.5 Å². The number of nitrogens with zero attached hydrogens (tertiary/aromatic N) is 2. The Morgan fingerprint density at radius 2 is 1.77 bits per heavy atom. The maximum Gasteiger partial charge on any atom is 0.317 e. The monoisotopic (exact) mass is 373 g/mol. The smallest absolute Gasteiger partial charge is 0.317 e. The maximum absolute atomic E-state index is 13.0. The van der Waals surface area contributed by atoms with Gasteiger partial charge in [-0.1, -0.05) is 43.3 Å². The zero-order valence-electron chi connectivity index (χ0n) is 15.5. The molecule has 6 heteroatoms. The minimum Gasteiger partial charge on any atom is -0.338 e. The summed E-state index contributed by atoms with van der Waals surface area (Å²) in [6.45, 7) is 6.18. The van der Waals surface area contributed by atoms with E-state index in [1.165, 1.54) is 0 Å². The molecule has 0 saturated carbocycles. The normalized spacial score (nSPS) is 10.4. The van der Waals surface area contributed by atoms with E-state index in [4.69, 9.17) is 0 Å². The molecule has 0 atom stereocenters. The van der Waals surface area contributed by atoms with Crippen LogP contribution in [-0.4, -0.2) is 41.4 Å². The Kier molecular flexibility index (Phi) is 8.15. The van der Waals surface area contributed by atoms with E-state index in [1.54, 1.807) is 16.2 Å². The van der Waals surface area contributed by atoms with E-state index in [-0.39, 0.29) is 18.5 Å². The van der Waals surface area contributed by atoms with Crippen molar-refractivity contribution in [3.8, 4) is 0 Å². The standard InChI is InChI=1S/C20H27N3O2S/c1-3-12-22(20(25)21-4-2)16-19(24)23(15-18-11-8-13-26-18)14-17-9-6-5-7-10-17/h5-11,13H,3-4,12,14-16H2,1-2H3,(H,21,25). The van der Waals surface area contributed by atoms with Crippen LogP contribution < -0.4 is 5.32 Å². The molecule has 1 heterocycles. The fraction of sp³-hybridized carbons (Fsp3) is 0.400. The second kappa shape index (κ2) is 10.6. The van der Waals surface area contributed by atoms with E-state index in [1.807, 2.05) is 66.6 Å². The van der Waals surface area contributed by atoms with Crippen molar-refractivity contribution in [1.29, 1.82) is 0 Å². The average Bonchev–Trinajstić information content (AvgIpc) is 3.15. The first-order valence-corrected chi connectivity index (χ1v) is 9.88. The molecule has 0 unspecified atom stereocenters. The van der Waals surface area contributed by atoms with Crippen molar-refractivity contribution in [3.05, 3.63) is 58.3 Å². The molecular weight excluding hydrogens is 346 g/mol. The zero-order valence-corrected chi connectivity index (χ0v) is 16.3. The molecule has 0 aliphatic heterocycles. The Morgan fingerprint density at radius 1 is 1.00 bits per heavy atom. The van der Waals surface area contributed by atoms with Crippen LogP contribution in [0.2, 0.25) is 0 Å². The molecule has 0 radical (unpaired) electrons. The van der Waals surface area contributed by atoms with Crippen LogP contribution in [0.4, 0.5) is 4.79 Å². The molecule has 1 aromatic carbocycles. The minimum atomic E-state index is -0.182. The Bertz CT molecular complexity index is 674. The number of thiophene rings is 1. The van der Waals surface area contributed by atoms with Gasteiger partial charge in [0.2, 0.25) is 5.91 Å². The highest BCUT2D eigenvalue weighted by Gasteiger charge is 2.21. The summed E-state index contributed by atoms with van der Waals surface area (Å²) < 4.78 is 0. The summed E-state index contributed by atoms with van der Waals surface area (Å²) in [6.07, 6.45) is 0.814. The van der Waals surface area contributed by atoms with Crippen molar-refractivity contribution in [2.24, 2.45) is 0 Å². The molecule has 0 fully saturated rings. The Hall–Kier alpha value is -2.34. The highest BCUT2D eigenvalue weighted by atomic mass is 32.1. The first kappa shape index (κ1) is 20.0. The fourth-order valence-corrected chi connectivity index (χ4v) is 3.39. The number of hydrogen-bond acceptors (Lipinski definition) is 3. The summed E-state index contributed by atoms with van der Waals surface area (Å²) in [5.41, 5.74) is 1.08. The SMILES string of the molecule is CCCN(CC(=O)N(Cc1ccccc1)Cc1cccs1)C(=O)NCC. The van der Waals surface area contributed by atoms with Crippen LogP contribution in [-0.2, 0) is 17.9 Å². The van der Waals surface area contributed by atoms with Crippen LogP contribution in [0.5, 0.6) is 0 Å². The summed E-state index contributed by atoms with van der Waals surface area (Å²) in [6, 6.07) is 13.8. The summed E-state index contributed by atoms with van der Waals surface area (Å²) >= 11 is 1.64.